The molecule has 1 heterocycles. The second-order valence-corrected chi connectivity index (χ2v) is 2.57. The van der Waals surface area contributed by atoms with Gasteiger partial charge in [0, 0.05) is 0 Å². The summed E-state index contributed by atoms with van der Waals surface area (Å²) in [5.74, 6) is -1.76. The largest absolute Gasteiger partial charge is 0.465 e. The highest BCUT2D eigenvalue weighted by atomic mass is 16.7. The molecule has 0 spiro atoms. The predicted molar refractivity (Wildman–Crippen MR) is 47.6 cm³/mol. The third-order valence-corrected chi connectivity index (χ3v) is 1.62. The van der Waals surface area contributed by atoms with E-state index in [2.05, 4.69) is 9.47 Å². The summed E-state index contributed by atoms with van der Waals surface area (Å²) < 4.78 is 19.0. The van der Waals surface area contributed by atoms with Crippen molar-refractivity contribution in [3.05, 3.63) is 11.5 Å². The molecule has 0 bridgehead atoms. The van der Waals surface area contributed by atoms with E-state index in [9.17, 15) is 9.59 Å². The van der Waals surface area contributed by atoms with Gasteiger partial charge in [0.05, 0.1) is 13.7 Å². The zero-order valence-electron chi connectivity index (χ0n) is 8.57. The van der Waals surface area contributed by atoms with E-state index < -0.39 is 11.9 Å². The van der Waals surface area contributed by atoms with E-state index in [1.54, 1.807) is 6.92 Å². The van der Waals surface area contributed by atoms with Crippen LogP contribution in [0, 0.1) is 0 Å². The normalized spacial score (nSPS) is 13.9. The summed E-state index contributed by atoms with van der Waals surface area (Å²) >= 11 is 0. The van der Waals surface area contributed by atoms with Crippen LogP contribution in [0.3, 0.4) is 0 Å². The minimum atomic E-state index is -0.828. The number of hydrogen-bond acceptors (Lipinski definition) is 6. The molecule has 15 heavy (non-hydrogen) atoms. The minimum Gasteiger partial charge on any atom is -0.465 e. The average molecular weight is 216 g/mol. The molecule has 1 saturated heterocycles. The molecule has 1 rings (SSSR count). The fraction of sp³-hybridized carbons (Fsp3) is 0.556. The highest BCUT2D eigenvalue weighted by Crippen LogP contribution is 2.16. The maximum absolute atomic E-state index is 11.4. The number of methoxy groups -OCH3 is 1. The quantitative estimate of drug-likeness (QED) is 0.286. The second kappa shape index (κ2) is 5.23. The third-order valence-electron chi connectivity index (χ3n) is 1.62. The van der Waals surface area contributed by atoms with E-state index in [-0.39, 0.29) is 18.1 Å². The number of esters is 2. The van der Waals surface area contributed by atoms with Crippen molar-refractivity contribution in [1.82, 2.24) is 0 Å². The van der Waals surface area contributed by atoms with Gasteiger partial charge in [0.25, 0.3) is 0 Å². The van der Waals surface area contributed by atoms with Gasteiger partial charge in [-0.3, -0.25) is 0 Å². The standard InChI is InChI=1S/C9H12O6/c1-3-13-8(11)6(7(10)12-2)9-14-4-5-15-9/h3-5H2,1-2H3. The highest BCUT2D eigenvalue weighted by Gasteiger charge is 2.30. The smallest absolute Gasteiger partial charge is 0.352 e. The summed E-state index contributed by atoms with van der Waals surface area (Å²) in [5, 5.41) is 0. The van der Waals surface area contributed by atoms with Crippen molar-refractivity contribution in [3.8, 4) is 0 Å². The molecule has 1 aliphatic rings. The molecule has 0 N–H and O–H groups in total. The minimum absolute atomic E-state index is 0.125. The summed E-state index contributed by atoms with van der Waals surface area (Å²) in [6, 6.07) is 0. The monoisotopic (exact) mass is 216 g/mol. The van der Waals surface area contributed by atoms with Gasteiger partial charge in [-0.1, -0.05) is 0 Å². The number of rotatable bonds is 3. The molecule has 6 heteroatoms. The lowest BCUT2D eigenvalue weighted by Gasteiger charge is -2.06. The van der Waals surface area contributed by atoms with Crippen LogP contribution in [0.25, 0.3) is 0 Å². The molecule has 0 radical (unpaired) electrons. The molecule has 0 amide bonds. The lowest BCUT2D eigenvalue weighted by Crippen LogP contribution is -2.19. The SMILES string of the molecule is CCOC(=O)C(C(=O)OC)=C1OCCO1. The summed E-state index contributed by atoms with van der Waals surface area (Å²) in [6.45, 7) is 2.39. The van der Waals surface area contributed by atoms with E-state index in [1.807, 2.05) is 0 Å². The molecule has 0 aromatic heterocycles. The summed E-state index contributed by atoms with van der Waals surface area (Å²) in [7, 11) is 1.16. The lowest BCUT2D eigenvalue weighted by molar-refractivity contribution is -0.146. The maximum atomic E-state index is 11.4. The van der Waals surface area contributed by atoms with Gasteiger partial charge in [0.2, 0.25) is 5.57 Å². The van der Waals surface area contributed by atoms with Crippen molar-refractivity contribution < 1.29 is 28.5 Å². The Bertz CT molecular complexity index is 285. The first-order chi connectivity index (χ1) is 7.20. The van der Waals surface area contributed by atoms with Crippen molar-refractivity contribution in [2.45, 2.75) is 6.92 Å². The van der Waals surface area contributed by atoms with Crippen molar-refractivity contribution in [3.63, 3.8) is 0 Å². The molecule has 0 aliphatic carbocycles. The zero-order valence-corrected chi connectivity index (χ0v) is 8.57. The van der Waals surface area contributed by atoms with Gasteiger partial charge < -0.3 is 18.9 Å². The predicted octanol–water partition coefficient (Wildman–Crippen LogP) is -0.0191. The van der Waals surface area contributed by atoms with Crippen LogP contribution in [-0.2, 0) is 28.5 Å². The van der Waals surface area contributed by atoms with Gasteiger partial charge in [0.1, 0.15) is 13.2 Å². The number of carbonyl (C=O) groups is 2. The number of ether oxygens (including phenoxy) is 4. The summed E-state index contributed by atoms with van der Waals surface area (Å²) in [5.41, 5.74) is -0.336. The van der Waals surface area contributed by atoms with Crippen molar-refractivity contribution >= 4 is 11.9 Å². The molecule has 6 nitrogen and oxygen atoms in total. The van der Waals surface area contributed by atoms with Gasteiger partial charge in [0.15, 0.2) is 0 Å². The molecule has 0 unspecified atom stereocenters. The van der Waals surface area contributed by atoms with Crippen LogP contribution in [0.2, 0.25) is 0 Å². The molecular formula is C9H12O6. The van der Waals surface area contributed by atoms with E-state index in [0.717, 1.165) is 7.11 Å². The molecule has 1 fully saturated rings. The van der Waals surface area contributed by atoms with Crippen LogP contribution < -0.4 is 0 Å². The number of hydrogen-bond donors (Lipinski definition) is 0. The van der Waals surface area contributed by atoms with Crippen molar-refractivity contribution in [2.75, 3.05) is 26.9 Å². The molecule has 84 valence electrons. The molecule has 0 aromatic rings. The van der Waals surface area contributed by atoms with Gasteiger partial charge in [-0.25, -0.2) is 9.59 Å². The molecule has 0 aromatic carbocycles. The van der Waals surface area contributed by atoms with Crippen molar-refractivity contribution in [1.29, 1.82) is 0 Å². The first-order valence-electron chi connectivity index (χ1n) is 4.46. The van der Waals surface area contributed by atoms with E-state index in [4.69, 9.17) is 9.47 Å². The third kappa shape index (κ3) is 2.61. The molecule has 0 atom stereocenters. The van der Waals surface area contributed by atoms with Crippen molar-refractivity contribution in [2.24, 2.45) is 0 Å². The molecular weight excluding hydrogens is 204 g/mol. The summed E-state index contributed by atoms with van der Waals surface area (Å²) in [4.78, 5) is 22.7. The van der Waals surface area contributed by atoms with Gasteiger partial charge in [-0.2, -0.15) is 0 Å². The second-order valence-electron chi connectivity index (χ2n) is 2.57. The van der Waals surface area contributed by atoms with Crippen LogP contribution in [0.4, 0.5) is 0 Å². The Morgan fingerprint density at radius 3 is 2.33 bits per heavy atom. The molecule has 0 saturated carbocycles. The van der Waals surface area contributed by atoms with E-state index >= 15 is 0 Å². The van der Waals surface area contributed by atoms with E-state index in [1.165, 1.54) is 0 Å². The maximum Gasteiger partial charge on any atom is 0.352 e. The van der Waals surface area contributed by atoms with Crippen LogP contribution >= 0.6 is 0 Å². The topological polar surface area (TPSA) is 71.1 Å². The lowest BCUT2D eigenvalue weighted by atomic mass is 10.3. The van der Waals surface area contributed by atoms with Crippen LogP contribution in [0.1, 0.15) is 6.92 Å². The Hall–Kier alpha value is -1.72. The Kier molecular flexibility index (Phi) is 3.96. The summed E-state index contributed by atoms with van der Waals surface area (Å²) in [6.07, 6.45) is 0. The highest BCUT2D eigenvalue weighted by molar-refractivity contribution is 6.14. The first-order valence-corrected chi connectivity index (χ1v) is 4.46. The number of carbonyl (C=O) groups excluding carboxylic acids is 2. The van der Waals surface area contributed by atoms with Gasteiger partial charge in [-0.15, -0.1) is 0 Å². The Morgan fingerprint density at radius 1 is 1.27 bits per heavy atom. The Morgan fingerprint density at radius 2 is 1.87 bits per heavy atom. The van der Waals surface area contributed by atoms with Crippen LogP contribution in [0.15, 0.2) is 11.5 Å². The fourth-order valence-electron chi connectivity index (χ4n) is 1.01. The fourth-order valence-corrected chi connectivity index (χ4v) is 1.01. The van der Waals surface area contributed by atoms with Gasteiger partial charge >= 0.3 is 17.9 Å². The Labute approximate surface area is 86.7 Å². The van der Waals surface area contributed by atoms with E-state index in [0.29, 0.717) is 13.2 Å². The van der Waals surface area contributed by atoms with Crippen LogP contribution in [0.5, 0.6) is 0 Å². The average Bonchev–Trinajstić information content (AvgIpc) is 2.71. The molecule has 1 aliphatic heterocycles. The van der Waals surface area contributed by atoms with Gasteiger partial charge in [-0.05, 0) is 6.92 Å². The Balaban J connectivity index is 2.91. The first kappa shape index (κ1) is 11.4. The van der Waals surface area contributed by atoms with Crippen LogP contribution in [-0.4, -0.2) is 38.9 Å². The zero-order chi connectivity index (χ0) is 11.3.